The van der Waals surface area contributed by atoms with Crippen molar-refractivity contribution >= 4 is 50.6 Å². The molecular formula is C31H20BrClN2O2S. The summed E-state index contributed by atoms with van der Waals surface area (Å²) in [5, 5.41) is 0.670. The summed E-state index contributed by atoms with van der Waals surface area (Å²) in [6.45, 7) is 0. The maximum atomic E-state index is 13.9. The Hall–Kier alpha value is -3.45. The average Bonchev–Trinajstić information content (AvgIpc) is 3.52. The van der Waals surface area contributed by atoms with Gasteiger partial charge in [0, 0.05) is 26.7 Å². The second-order valence-corrected chi connectivity index (χ2v) is 11.7. The maximum Gasteiger partial charge on any atom is 0.271 e. The first-order valence-electron chi connectivity index (χ1n) is 12.3. The molecule has 0 fully saturated rings. The second kappa shape index (κ2) is 9.38. The van der Waals surface area contributed by atoms with Crippen LogP contribution in [0.4, 0.5) is 0 Å². The summed E-state index contributed by atoms with van der Waals surface area (Å²) in [5.74, 6) is 1.37. The summed E-state index contributed by atoms with van der Waals surface area (Å²) in [5.41, 5.74) is 6.51. The van der Waals surface area contributed by atoms with E-state index in [1.807, 2.05) is 71.3 Å². The lowest BCUT2D eigenvalue weighted by molar-refractivity contribution is 0.570. The molecule has 7 heteroatoms. The fraction of sp³-hybridized carbons (Fsp3) is 0.0968. The molecule has 0 saturated heterocycles. The summed E-state index contributed by atoms with van der Waals surface area (Å²) in [7, 11) is 0. The Kier molecular flexibility index (Phi) is 5.84. The highest BCUT2D eigenvalue weighted by Gasteiger charge is 2.32. The van der Waals surface area contributed by atoms with Gasteiger partial charge in [-0.1, -0.05) is 87.4 Å². The molecule has 3 heterocycles. The zero-order valence-corrected chi connectivity index (χ0v) is 23.2. The minimum absolute atomic E-state index is 0.0699. The number of nitrogens with zero attached hydrogens (tertiary/aromatic N) is 2. The molecule has 0 amide bonds. The first-order valence-corrected chi connectivity index (χ1v) is 14.3. The Labute approximate surface area is 236 Å². The van der Waals surface area contributed by atoms with Gasteiger partial charge in [0.2, 0.25) is 0 Å². The molecule has 7 rings (SSSR count). The molecule has 2 aromatic heterocycles. The normalized spacial score (nSPS) is 16.6. The van der Waals surface area contributed by atoms with Crippen molar-refractivity contribution in [3.8, 4) is 11.3 Å². The van der Waals surface area contributed by atoms with Gasteiger partial charge in [0.25, 0.3) is 5.56 Å². The topological polar surface area (TPSA) is 47.5 Å². The third-order valence-electron chi connectivity index (χ3n) is 7.07. The minimum Gasteiger partial charge on any atom is -0.457 e. The zero-order chi connectivity index (χ0) is 25.8. The van der Waals surface area contributed by atoms with Crippen molar-refractivity contribution in [2.45, 2.75) is 18.9 Å². The van der Waals surface area contributed by atoms with Crippen LogP contribution in [-0.2, 0) is 6.42 Å². The van der Waals surface area contributed by atoms with E-state index in [1.165, 1.54) is 22.5 Å². The fourth-order valence-corrected chi connectivity index (χ4v) is 6.83. The predicted octanol–water partition coefficient (Wildman–Crippen LogP) is 6.99. The number of rotatable bonds is 3. The Morgan fingerprint density at radius 3 is 2.68 bits per heavy atom. The summed E-state index contributed by atoms with van der Waals surface area (Å²) in [6, 6.07) is 27.8. The van der Waals surface area contributed by atoms with Gasteiger partial charge in [0.15, 0.2) is 4.80 Å². The Balaban J connectivity index is 1.40. The van der Waals surface area contributed by atoms with Crippen LogP contribution in [0.2, 0.25) is 5.02 Å². The highest BCUT2D eigenvalue weighted by molar-refractivity contribution is 9.10. The van der Waals surface area contributed by atoms with Crippen LogP contribution in [-0.4, -0.2) is 4.57 Å². The van der Waals surface area contributed by atoms with Crippen LogP contribution >= 0.6 is 38.9 Å². The molecule has 1 aliphatic heterocycles. The molecule has 0 N–H and O–H groups in total. The van der Waals surface area contributed by atoms with Crippen LogP contribution in [0.25, 0.3) is 23.1 Å². The lowest BCUT2D eigenvalue weighted by atomic mass is 9.83. The van der Waals surface area contributed by atoms with Gasteiger partial charge in [-0.15, -0.1) is 0 Å². The molecule has 0 saturated carbocycles. The van der Waals surface area contributed by atoms with Gasteiger partial charge in [0.05, 0.1) is 16.3 Å². The SMILES string of the molecule is O=c1/c(=C\c2ccc(-c3cccc(Br)c3)o2)sc2n1[C@H](c1ccc(Cl)cc1)C1=C(N=2)c2ccccc2CC1. The molecule has 1 atom stereocenters. The van der Waals surface area contributed by atoms with Crippen molar-refractivity contribution in [1.82, 2.24) is 4.57 Å². The van der Waals surface area contributed by atoms with E-state index in [0.717, 1.165) is 45.5 Å². The molecular weight excluding hydrogens is 580 g/mol. The van der Waals surface area contributed by atoms with E-state index in [0.29, 0.717) is 20.1 Å². The van der Waals surface area contributed by atoms with Crippen LogP contribution in [0.5, 0.6) is 0 Å². The van der Waals surface area contributed by atoms with E-state index in [-0.39, 0.29) is 11.6 Å². The smallest absolute Gasteiger partial charge is 0.271 e. The quantitative estimate of drug-likeness (QED) is 0.224. The van der Waals surface area contributed by atoms with Gasteiger partial charge in [0.1, 0.15) is 11.5 Å². The average molecular weight is 600 g/mol. The number of hydrogen-bond donors (Lipinski definition) is 0. The van der Waals surface area contributed by atoms with Crippen molar-refractivity contribution in [3.63, 3.8) is 0 Å². The number of allylic oxidation sites excluding steroid dienone is 1. The summed E-state index contributed by atoms with van der Waals surface area (Å²) < 4.78 is 9.52. The van der Waals surface area contributed by atoms with Crippen molar-refractivity contribution in [3.05, 3.63) is 142 Å². The molecule has 0 bridgehead atoms. The second-order valence-electron chi connectivity index (χ2n) is 9.38. The summed E-state index contributed by atoms with van der Waals surface area (Å²) >= 11 is 11.1. The predicted molar refractivity (Wildman–Crippen MR) is 156 cm³/mol. The molecule has 2 aliphatic rings. The van der Waals surface area contributed by atoms with Crippen LogP contribution in [0.1, 0.15) is 34.9 Å². The van der Waals surface area contributed by atoms with E-state index in [1.54, 1.807) is 0 Å². The lowest BCUT2D eigenvalue weighted by Crippen LogP contribution is -2.38. The van der Waals surface area contributed by atoms with E-state index >= 15 is 0 Å². The standard InChI is InChI=1S/C31H20BrClN2O2S/c32-21-6-3-5-20(16-21)26-15-13-23(37-26)17-27-30(36)35-29(19-8-11-22(33)12-9-19)25-14-10-18-4-1-2-7-24(18)28(25)34-31(35)38-27/h1-9,11-13,15-17,29H,10,14H2/b27-17+/t29-/m1/s1. The molecule has 3 aromatic carbocycles. The van der Waals surface area contributed by atoms with Crippen LogP contribution < -0.4 is 14.9 Å². The molecule has 38 heavy (non-hydrogen) atoms. The van der Waals surface area contributed by atoms with E-state index in [2.05, 4.69) is 40.2 Å². The molecule has 4 nitrogen and oxygen atoms in total. The molecule has 0 unspecified atom stereocenters. The highest BCUT2D eigenvalue weighted by Crippen LogP contribution is 2.41. The van der Waals surface area contributed by atoms with Gasteiger partial charge in [-0.25, -0.2) is 4.99 Å². The number of halogens is 2. The maximum absolute atomic E-state index is 13.9. The van der Waals surface area contributed by atoms with Gasteiger partial charge in [-0.05, 0) is 65.9 Å². The van der Waals surface area contributed by atoms with E-state index in [9.17, 15) is 4.79 Å². The van der Waals surface area contributed by atoms with Crippen molar-refractivity contribution in [1.29, 1.82) is 0 Å². The van der Waals surface area contributed by atoms with Crippen LogP contribution in [0.3, 0.4) is 0 Å². The zero-order valence-electron chi connectivity index (χ0n) is 20.0. The van der Waals surface area contributed by atoms with Crippen LogP contribution in [0, 0.1) is 0 Å². The largest absolute Gasteiger partial charge is 0.457 e. The van der Waals surface area contributed by atoms with E-state index in [4.69, 9.17) is 21.0 Å². The van der Waals surface area contributed by atoms with Crippen molar-refractivity contribution < 1.29 is 4.42 Å². The molecule has 0 spiro atoms. The number of aromatic nitrogens is 1. The van der Waals surface area contributed by atoms with Gasteiger partial charge in [-0.2, -0.15) is 0 Å². The number of fused-ring (bicyclic) bond motifs is 3. The summed E-state index contributed by atoms with van der Waals surface area (Å²) in [6.07, 6.45) is 3.59. The van der Waals surface area contributed by atoms with Crippen molar-refractivity contribution in [2.75, 3.05) is 0 Å². The first-order chi connectivity index (χ1) is 18.5. The molecule has 0 radical (unpaired) electrons. The summed E-state index contributed by atoms with van der Waals surface area (Å²) in [4.78, 5) is 19.7. The molecule has 186 valence electrons. The monoisotopic (exact) mass is 598 g/mol. The minimum atomic E-state index is -0.233. The van der Waals surface area contributed by atoms with Gasteiger partial charge >= 0.3 is 0 Å². The van der Waals surface area contributed by atoms with Gasteiger partial charge in [-0.3, -0.25) is 9.36 Å². The van der Waals surface area contributed by atoms with Crippen molar-refractivity contribution in [2.24, 2.45) is 4.99 Å². The number of aryl methyl sites for hydroxylation is 1. The number of furan rings is 1. The Morgan fingerprint density at radius 2 is 1.84 bits per heavy atom. The fourth-order valence-electron chi connectivity index (χ4n) is 5.32. The third kappa shape index (κ3) is 4.04. The van der Waals surface area contributed by atoms with Gasteiger partial charge < -0.3 is 4.42 Å². The lowest BCUT2D eigenvalue weighted by Gasteiger charge is -2.30. The molecule has 1 aliphatic carbocycles. The van der Waals surface area contributed by atoms with E-state index < -0.39 is 0 Å². The Morgan fingerprint density at radius 1 is 1.00 bits per heavy atom. The highest BCUT2D eigenvalue weighted by atomic mass is 79.9. The van der Waals surface area contributed by atoms with Crippen LogP contribution in [0.15, 0.2) is 109 Å². The first kappa shape index (κ1) is 23.7. The third-order valence-corrected chi connectivity index (χ3v) is 8.80. The number of hydrogen-bond acceptors (Lipinski definition) is 4. The number of benzene rings is 3. The number of thiazole rings is 1. The Bertz CT molecular complexity index is 1930. The molecule has 5 aromatic rings.